The van der Waals surface area contributed by atoms with Gasteiger partial charge in [-0.1, -0.05) is 6.07 Å². The molecule has 1 heterocycles. The Kier molecular flexibility index (Phi) is 5.27. The average molecular weight is 421 g/mol. The van der Waals surface area contributed by atoms with E-state index in [0.717, 1.165) is 23.4 Å². The lowest BCUT2D eigenvalue weighted by Crippen LogP contribution is -2.34. The largest absolute Gasteiger partial charge is 0.325 e. The standard InChI is InChI=1S/C18H20IN3O/c1-13-9-15(19)4-7-17(13)21-18(23)12-22(16-5-6-16)11-14-3-2-8-20-10-14/h2-4,7-10,16H,5-6,11-12H2,1H3,(H,21,23). The van der Waals surface area contributed by atoms with E-state index in [9.17, 15) is 4.79 Å². The predicted molar refractivity (Wildman–Crippen MR) is 100 cm³/mol. The lowest BCUT2D eigenvalue weighted by molar-refractivity contribution is -0.117. The molecule has 0 bridgehead atoms. The third-order valence-corrected chi connectivity index (χ3v) is 4.65. The topological polar surface area (TPSA) is 45.2 Å². The minimum absolute atomic E-state index is 0.0464. The number of hydrogen-bond donors (Lipinski definition) is 1. The van der Waals surface area contributed by atoms with Crippen molar-refractivity contribution in [2.24, 2.45) is 0 Å². The van der Waals surface area contributed by atoms with E-state index in [0.29, 0.717) is 12.6 Å². The van der Waals surface area contributed by atoms with Gasteiger partial charge in [-0.25, -0.2) is 0 Å². The fraction of sp³-hybridized carbons (Fsp3) is 0.333. The monoisotopic (exact) mass is 421 g/mol. The van der Waals surface area contributed by atoms with Crippen LogP contribution in [0.2, 0.25) is 0 Å². The fourth-order valence-electron chi connectivity index (χ4n) is 2.62. The van der Waals surface area contributed by atoms with E-state index >= 15 is 0 Å². The van der Waals surface area contributed by atoms with Gasteiger partial charge < -0.3 is 5.32 Å². The van der Waals surface area contributed by atoms with Crippen LogP contribution in [0.25, 0.3) is 0 Å². The van der Waals surface area contributed by atoms with Crippen molar-refractivity contribution in [2.75, 3.05) is 11.9 Å². The van der Waals surface area contributed by atoms with Crippen LogP contribution >= 0.6 is 22.6 Å². The third-order valence-electron chi connectivity index (χ3n) is 3.98. The SMILES string of the molecule is Cc1cc(I)ccc1NC(=O)CN(Cc1cccnc1)C1CC1. The van der Waals surface area contributed by atoms with Crippen molar-refractivity contribution in [2.45, 2.75) is 32.4 Å². The first kappa shape index (κ1) is 16.4. The Morgan fingerprint density at radius 3 is 2.87 bits per heavy atom. The molecule has 120 valence electrons. The third kappa shape index (κ3) is 4.75. The number of amides is 1. The summed E-state index contributed by atoms with van der Waals surface area (Å²) in [4.78, 5) is 18.8. The molecule has 1 amide bonds. The summed E-state index contributed by atoms with van der Waals surface area (Å²) >= 11 is 2.28. The Bertz CT molecular complexity index is 686. The zero-order valence-electron chi connectivity index (χ0n) is 13.1. The van der Waals surface area contributed by atoms with Gasteiger partial charge in [0, 0.05) is 34.2 Å². The maximum absolute atomic E-state index is 12.4. The van der Waals surface area contributed by atoms with E-state index in [1.54, 1.807) is 6.20 Å². The van der Waals surface area contributed by atoms with Crippen LogP contribution in [0.4, 0.5) is 5.69 Å². The molecule has 23 heavy (non-hydrogen) atoms. The Morgan fingerprint density at radius 2 is 2.22 bits per heavy atom. The number of carbonyl (C=O) groups excluding carboxylic acids is 1. The lowest BCUT2D eigenvalue weighted by atomic mass is 10.2. The fourth-order valence-corrected chi connectivity index (χ4v) is 3.27. The smallest absolute Gasteiger partial charge is 0.238 e. The molecule has 1 saturated carbocycles. The lowest BCUT2D eigenvalue weighted by Gasteiger charge is -2.21. The highest BCUT2D eigenvalue weighted by Crippen LogP contribution is 2.28. The van der Waals surface area contributed by atoms with Crippen LogP contribution in [0.1, 0.15) is 24.0 Å². The summed E-state index contributed by atoms with van der Waals surface area (Å²) < 4.78 is 1.18. The van der Waals surface area contributed by atoms with Crippen LogP contribution in [0.15, 0.2) is 42.7 Å². The molecule has 0 spiro atoms. The van der Waals surface area contributed by atoms with Gasteiger partial charge in [0.2, 0.25) is 5.91 Å². The number of nitrogens with zero attached hydrogens (tertiary/aromatic N) is 2. The van der Waals surface area contributed by atoms with Crippen LogP contribution in [-0.2, 0) is 11.3 Å². The Labute approximate surface area is 150 Å². The molecule has 1 aliphatic rings. The molecular weight excluding hydrogens is 401 g/mol. The molecule has 1 aromatic carbocycles. The van der Waals surface area contributed by atoms with Crippen molar-refractivity contribution in [1.29, 1.82) is 0 Å². The van der Waals surface area contributed by atoms with E-state index in [2.05, 4.69) is 49.9 Å². The molecule has 0 unspecified atom stereocenters. The van der Waals surface area contributed by atoms with Crippen LogP contribution in [-0.4, -0.2) is 28.4 Å². The van der Waals surface area contributed by atoms with Crippen molar-refractivity contribution < 1.29 is 4.79 Å². The molecule has 3 rings (SSSR count). The first-order valence-electron chi connectivity index (χ1n) is 7.81. The first-order chi connectivity index (χ1) is 11.1. The number of halogens is 1. The van der Waals surface area contributed by atoms with E-state index in [4.69, 9.17) is 0 Å². The maximum atomic E-state index is 12.4. The van der Waals surface area contributed by atoms with E-state index in [1.807, 2.05) is 31.3 Å². The minimum Gasteiger partial charge on any atom is -0.325 e. The zero-order valence-corrected chi connectivity index (χ0v) is 15.3. The summed E-state index contributed by atoms with van der Waals surface area (Å²) in [6.07, 6.45) is 6.00. The molecule has 1 aromatic heterocycles. The highest BCUT2D eigenvalue weighted by atomic mass is 127. The van der Waals surface area contributed by atoms with Crippen molar-refractivity contribution in [3.8, 4) is 0 Å². The predicted octanol–water partition coefficient (Wildman–Crippen LogP) is 3.60. The number of aromatic nitrogens is 1. The Balaban J connectivity index is 1.62. The molecule has 0 radical (unpaired) electrons. The van der Waals surface area contributed by atoms with Crippen molar-refractivity contribution in [1.82, 2.24) is 9.88 Å². The van der Waals surface area contributed by atoms with Gasteiger partial charge in [-0.05, 0) is 77.7 Å². The second-order valence-corrected chi connectivity index (χ2v) is 7.25. The van der Waals surface area contributed by atoms with Crippen LogP contribution in [0.3, 0.4) is 0 Å². The molecule has 5 heteroatoms. The molecule has 4 nitrogen and oxygen atoms in total. The van der Waals surface area contributed by atoms with Crippen molar-refractivity contribution in [3.05, 3.63) is 57.4 Å². The highest BCUT2D eigenvalue weighted by molar-refractivity contribution is 14.1. The van der Waals surface area contributed by atoms with Gasteiger partial charge in [-0.2, -0.15) is 0 Å². The highest BCUT2D eigenvalue weighted by Gasteiger charge is 2.30. The number of carbonyl (C=O) groups is 1. The van der Waals surface area contributed by atoms with E-state index < -0.39 is 0 Å². The normalized spacial score (nSPS) is 14.0. The van der Waals surface area contributed by atoms with E-state index in [-0.39, 0.29) is 5.91 Å². The minimum atomic E-state index is 0.0464. The van der Waals surface area contributed by atoms with Gasteiger partial charge in [0.15, 0.2) is 0 Å². The van der Waals surface area contributed by atoms with E-state index in [1.165, 1.54) is 16.4 Å². The number of rotatable bonds is 6. The quantitative estimate of drug-likeness (QED) is 0.726. The number of pyridine rings is 1. The van der Waals surface area contributed by atoms with Gasteiger partial charge in [0.25, 0.3) is 0 Å². The number of benzene rings is 1. The van der Waals surface area contributed by atoms with Crippen LogP contribution in [0, 0.1) is 10.5 Å². The number of anilines is 1. The summed E-state index contributed by atoms with van der Waals surface area (Å²) in [5, 5.41) is 3.04. The van der Waals surface area contributed by atoms with Gasteiger partial charge >= 0.3 is 0 Å². The summed E-state index contributed by atoms with van der Waals surface area (Å²) in [6.45, 7) is 3.22. The van der Waals surface area contributed by atoms with Crippen molar-refractivity contribution >= 4 is 34.2 Å². The average Bonchev–Trinajstić information content (AvgIpc) is 3.35. The molecular formula is C18H20IN3O. The zero-order chi connectivity index (χ0) is 16.2. The molecule has 1 fully saturated rings. The Hall–Kier alpha value is -1.47. The summed E-state index contributed by atoms with van der Waals surface area (Å²) in [5.41, 5.74) is 3.14. The number of hydrogen-bond acceptors (Lipinski definition) is 3. The van der Waals surface area contributed by atoms with Gasteiger partial charge in [-0.15, -0.1) is 0 Å². The molecule has 1 aliphatic carbocycles. The second kappa shape index (κ2) is 7.40. The number of nitrogens with one attached hydrogen (secondary N) is 1. The molecule has 2 aromatic rings. The first-order valence-corrected chi connectivity index (χ1v) is 8.88. The van der Waals surface area contributed by atoms with Crippen molar-refractivity contribution in [3.63, 3.8) is 0 Å². The van der Waals surface area contributed by atoms with Crippen LogP contribution in [0.5, 0.6) is 0 Å². The number of aryl methyl sites for hydroxylation is 1. The summed E-state index contributed by atoms with van der Waals surface area (Å²) in [7, 11) is 0. The van der Waals surface area contributed by atoms with Gasteiger partial charge in [0.1, 0.15) is 0 Å². The van der Waals surface area contributed by atoms with Crippen LogP contribution < -0.4 is 5.32 Å². The maximum Gasteiger partial charge on any atom is 0.238 e. The second-order valence-electron chi connectivity index (χ2n) is 6.00. The summed E-state index contributed by atoms with van der Waals surface area (Å²) in [5.74, 6) is 0.0464. The molecule has 0 saturated heterocycles. The molecule has 0 atom stereocenters. The van der Waals surface area contributed by atoms with Gasteiger partial charge in [-0.3, -0.25) is 14.7 Å². The van der Waals surface area contributed by atoms with Gasteiger partial charge in [0.05, 0.1) is 6.54 Å². The summed E-state index contributed by atoms with van der Waals surface area (Å²) in [6, 6.07) is 10.6. The Morgan fingerprint density at radius 1 is 1.39 bits per heavy atom. The molecule has 0 aliphatic heterocycles. The molecule has 1 N–H and O–H groups in total.